The van der Waals surface area contributed by atoms with Gasteiger partial charge in [-0.3, -0.25) is 19.2 Å². The van der Waals surface area contributed by atoms with E-state index in [-0.39, 0.29) is 6.42 Å². The van der Waals surface area contributed by atoms with Gasteiger partial charge in [0, 0.05) is 0 Å². The maximum atomic E-state index is 12.3. The lowest BCUT2D eigenvalue weighted by molar-refractivity contribution is -0.144. The largest absolute Gasteiger partial charge is 0.481 e. The van der Waals surface area contributed by atoms with E-state index in [0.717, 1.165) is 5.56 Å². The number of carboxylic acid groups (broad SMARTS) is 2. The molecule has 0 aliphatic heterocycles. The third-order valence-electron chi connectivity index (χ3n) is 4.32. The van der Waals surface area contributed by atoms with Gasteiger partial charge in [0.15, 0.2) is 0 Å². The Morgan fingerprint density at radius 1 is 0.968 bits per heavy atom. The monoisotopic (exact) mass is 436 g/mol. The van der Waals surface area contributed by atoms with Crippen molar-refractivity contribution in [1.82, 2.24) is 16.0 Å². The Hall–Kier alpha value is -3.47. The van der Waals surface area contributed by atoms with E-state index in [1.54, 1.807) is 38.1 Å². The maximum absolute atomic E-state index is 12.3. The van der Waals surface area contributed by atoms with Gasteiger partial charge in [0.25, 0.3) is 0 Å². The van der Waals surface area contributed by atoms with E-state index in [1.165, 1.54) is 0 Å². The number of carboxylic acids is 2. The predicted octanol–water partition coefficient (Wildman–Crippen LogP) is -1.14. The third-order valence-corrected chi connectivity index (χ3v) is 4.32. The van der Waals surface area contributed by atoms with Gasteiger partial charge in [-0.05, 0) is 17.9 Å². The first-order valence-corrected chi connectivity index (χ1v) is 9.62. The van der Waals surface area contributed by atoms with Crippen LogP contribution in [0.3, 0.4) is 0 Å². The van der Waals surface area contributed by atoms with Crippen LogP contribution in [-0.2, 0) is 30.4 Å². The number of benzene rings is 1. The molecule has 0 spiro atoms. The second kappa shape index (κ2) is 12.3. The molecule has 1 aromatic rings. The summed E-state index contributed by atoms with van der Waals surface area (Å²) in [5.74, 6) is -5.49. The molecule has 170 valence electrons. The van der Waals surface area contributed by atoms with Gasteiger partial charge in [-0.2, -0.15) is 0 Å². The molecule has 0 aromatic heterocycles. The molecule has 1 rings (SSSR count). The predicted molar refractivity (Wildman–Crippen MR) is 110 cm³/mol. The Kier molecular flexibility index (Phi) is 10.1. The first-order valence-electron chi connectivity index (χ1n) is 9.62. The quantitative estimate of drug-likeness (QED) is 0.237. The van der Waals surface area contributed by atoms with Crippen LogP contribution in [0.1, 0.15) is 25.8 Å². The fourth-order valence-electron chi connectivity index (χ4n) is 2.66. The normalized spacial score (nSPS) is 13.5. The van der Waals surface area contributed by atoms with Crippen molar-refractivity contribution in [3.63, 3.8) is 0 Å². The van der Waals surface area contributed by atoms with Crippen LogP contribution in [0.5, 0.6) is 0 Å². The zero-order valence-corrected chi connectivity index (χ0v) is 17.3. The van der Waals surface area contributed by atoms with Crippen molar-refractivity contribution in [3.05, 3.63) is 35.9 Å². The molecular weight excluding hydrogens is 408 g/mol. The Morgan fingerprint density at radius 2 is 1.58 bits per heavy atom. The standard InChI is InChI=1S/C20H28N4O7/c1-11(2)17(20(30)31)24-19(29)14(9-16(26)27)23-15(25)10-22-18(28)13(21)8-12-6-4-3-5-7-12/h3-7,11,13-14,17H,8-10,21H2,1-2H3,(H,22,28)(H,23,25)(H,24,29)(H,26,27)(H,30,31). The van der Waals surface area contributed by atoms with E-state index in [0.29, 0.717) is 0 Å². The highest BCUT2D eigenvalue weighted by atomic mass is 16.4. The molecular formula is C20H28N4O7. The molecule has 3 amide bonds. The third kappa shape index (κ3) is 9.26. The van der Waals surface area contributed by atoms with Gasteiger partial charge in [0.1, 0.15) is 12.1 Å². The van der Waals surface area contributed by atoms with E-state index in [2.05, 4.69) is 16.0 Å². The smallest absolute Gasteiger partial charge is 0.326 e. The highest BCUT2D eigenvalue weighted by Crippen LogP contribution is 2.04. The molecule has 7 N–H and O–H groups in total. The molecule has 0 saturated heterocycles. The molecule has 0 heterocycles. The zero-order valence-electron chi connectivity index (χ0n) is 17.3. The molecule has 0 bridgehead atoms. The molecule has 1 aromatic carbocycles. The molecule has 0 saturated carbocycles. The second-order valence-corrected chi connectivity index (χ2v) is 7.30. The van der Waals surface area contributed by atoms with E-state index in [1.807, 2.05) is 6.07 Å². The minimum Gasteiger partial charge on any atom is -0.481 e. The summed E-state index contributed by atoms with van der Waals surface area (Å²) in [4.78, 5) is 58.8. The Labute approximate surface area is 179 Å². The van der Waals surface area contributed by atoms with Crippen molar-refractivity contribution < 1.29 is 34.2 Å². The van der Waals surface area contributed by atoms with Gasteiger partial charge in [-0.1, -0.05) is 44.2 Å². The summed E-state index contributed by atoms with van der Waals surface area (Å²) in [6.45, 7) is 2.60. The Morgan fingerprint density at radius 3 is 2.10 bits per heavy atom. The van der Waals surface area contributed by atoms with E-state index >= 15 is 0 Å². The average Bonchev–Trinajstić information content (AvgIpc) is 2.69. The van der Waals surface area contributed by atoms with Crippen LogP contribution in [0.25, 0.3) is 0 Å². The number of carbonyl (C=O) groups excluding carboxylic acids is 3. The Balaban J connectivity index is 2.64. The molecule has 3 atom stereocenters. The van der Waals surface area contributed by atoms with E-state index in [4.69, 9.17) is 15.9 Å². The summed E-state index contributed by atoms with van der Waals surface area (Å²) in [6, 6.07) is 5.35. The first kappa shape index (κ1) is 25.6. The van der Waals surface area contributed by atoms with Crippen LogP contribution in [0.15, 0.2) is 30.3 Å². The van der Waals surface area contributed by atoms with Crippen molar-refractivity contribution >= 4 is 29.7 Å². The van der Waals surface area contributed by atoms with Crippen LogP contribution >= 0.6 is 0 Å². The summed E-state index contributed by atoms with van der Waals surface area (Å²) >= 11 is 0. The van der Waals surface area contributed by atoms with Gasteiger partial charge in [0.05, 0.1) is 19.0 Å². The number of carbonyl (C=O) groups is 5. The number of aliphatic carboxylic acids is 2. The molecule has 31 heavy (non-hydrogen) atoms. The molecule has 3 unspecified atom stereocenters. The summed E-state index contributed by atoms with van der Waals surface area (Å²) in [5, 5.41) is 24.9. The van der Waals surface area contributed by atoms with Crippen LogP contribution in [0, 0.1) is 5.92 Å². The minimum atomic E-state index is -1.51. The zero-order chi connectivity index (χ0) is 23.6. The van der Waals surface area contributed by atoms with Gasteiger partial charge in [0.2, 0.25) is 17.7 Å². The van der Waals surface area contributed by atoms with E-state index in [9.17, 15) is 24.0 Å². The minimum absolute atomic E-state index is 0.254. The second-order valence-electron chi connectivity index (χ2n) is 7.30. The number of hydrogen-bond acceptors (Lipinski definition) is 6. The molecule has 11 nitrogen and oxygen atoms in total. The lowest BCUT2D eigenvalue weighted by Gasteiger charge is -2.22. The molecule has 0 fully saturated rings. The van der Waals surface area contributed by atoms with Crippen molar-refractivity contribution in [2.24, 2.45) is 11.7 Å². The van der Waals surface area contributed by atoms with Crippen LogP contribution in [0.2, 0.25) is 0 Å². The number of amides is 3. The summed E-state index contributed by atoms with van der Waals surface area (Å²) < 4.78 is 0. The lowest BCUT2D eigenvalue weighted by Crippen LogP contribution is -2.55. The van der Waals surface area contributed by atoms with Crippen molar-refractivity contribution in [2.45, 2.75) is 44.8 Å². The number of hydrogen-bond donors (Lipinski definition) is 6. The fraction of sp³-hybridized carbons (Fsp3) is 0.450. The summed E-state index contributed by atoms with van der Waals surface area (Å²) in [5.41, 5.74) is 6.66. The van der Waals surface area contributed by atoms with Gasteiger partial charge in [-0.25, -0.2) is 4.79 Å². The van der Waals surface area contributed by atoms with Crippen molar-refractivity contribution in [1.29, 1.82) is 0 Å². The number of nitrogens with one attached hydrogen (secondary N) is 3. The van der Waals surface area contributed by atoms with Gasteiger partial charge in [-0.15, -0.1) is 0 Å². The maximum Gasteiger partial charge on any atom is 0.326 e. The topological polar surface area (TPSA) is 188 Å². The molecule has 0 aliphatic rings. The van der Waals surface area contributed by atoms with Crippen molar-refractivity contribution in [3.8, 4) is 0 Å². The summed E-state index contributed by atoms with van der Waals surface area (Å²) in [6.07, 6.45) is -0.506. The van der Waals surface area contributed by atoms with Crippen LogP contribution in [0.4, 0.5) is 0 Å². The van der Waals surface area contributed by atoms with Crippen LogP contribution in [-0.4, -0.2) is 64.5 Å². The van der Waals surface area contributed by atoms with Gasteiger partial charge < -0.3 is 31.9 Å². The summed E-state index contributed by atoms with van der Waals surface area (Å²) in [7, 11) is 0. The van der Waals surface area contributed by atoms with Crippen LogP contribution < -0.4 is 21.7 Å². The van der Waals surface area contributed by atoms with Gasteiger partial charge >= 0.3 is 11.9 Å². The lowest BCUT2D eigenvalue weighted by atomic mass is 10.0. The van der Waals surface area contributed by atoms with E-state index < -0.39 is 66.7 Å². The fourth-order valence-corrected chi connectivity index (χ4v) is 2.66. The first-order chi connectivity index (χ1) is 14.5. The SMILES string of the molecule is CC(C)C(NC(=O)C(CC(=O)O)NC(=O)CNC(=O)C(N)Cc1ccccc1)C(=O)O. The molecule has 0 radical (unpaired) electrons. The highest BCUT2D eigenvalue weighted by Gasteiger charge is 2.30. The molecule has 11 heteroatoms. The highest BCUT2D eigenvalue weighted by molar-refractivity contribution is 5.94. The number of rotatable bonds is 12. The Bertz CT molecular complexity index is 798. The van der Waals surface area contributed by atoms with Crippen molar-refractivity contribution in [2.75, 3.05) is 6.54 Å². The average molecular weight is 436 g/mol. The molecule has 0 aliphatic carbocycles. The number of nitrogens with two attached hydrogens (primary N) is 1.